The number of benzene rings is 11. The van der Waals surface area contributed by atoms with Crippen molar-refractivity contribution in [2.24, 2.45) is 0 Å². The van der Waals surface area contributed by atoms with Gasteiger partial charge in [-0.2, -0.15) is 0 Å². The Morgan fingerprint density at radius 2 is 0.539 bits per heavy atom. The monoisotopic (exact) mass is 978 g/mol. The summed E-state index contributed by atoms with van der Waals surface area (Å²) >= 11 is 0. The second kappa shape index (κ2) is 16.4. The van der Waals surface area contributed by atoms with E-state index >= 15 is 0 Å². The summed E-state index contributed by atoms with van der Waals surface area (Å²) in [5, 5.41) is 4.90. The molecule has 11 aromatic carbocycles. The first-order valence-electron chi connectivity index (χ1n) is 27.2. The Labute approximate surface area is 448 Å². The highest BCUT2D eigenvalue weighted by Crippen LogP contribution is 2.55. The smallest absolute Gasteiger partial charge is 0.122 e. The Hall–Kier alpha value is -8.26. The molecule has 76 heavy (non-hydrogen) atoms. The fraction of sp³-hybridized carbons (Fsp3) is 0.173. The minimum Gasteiger partial charge on any atom is -0.496 e. The summed E-state index contributed by atoms with van der Waals surface area (Å²) in [4.78, 5) is 0. The van der Waals surface area contributed by atoms with Crippen LogP contribution in [-0.4, -0.2) is 7.11 Å². The Morgan fingerprint density at radius 1 is 0.263 bits per heavy atom. The molecule has 0 unspecified atom stereocenters. The summed E-state index contributed by atoms with van der Waals surface area (Å²) in [6.07, 6.45) is 0. The summed E-state index contributed by atoms with van der Waals surface area (Å²) in [7, 11) is 1.74. The van der Waals surface area contributed by atoms with Crippen LogP contribution in [0.15, 0.2) is 194 Å². The fourth-order valence-electron chi connectivity index (χ4n) is 13.9. The molecule has 0 bridgehead atoms. The van der Waals surface area contributed by atoms with Gasteiger partial charge in [-0.1, -0.05) is 169 Å². The Kier molecular flexibility index (Phi) is 9.97. The van der Waals surface area contributed by atoms with Crippen LogP contribution in [0.1, 0.15) is 91.6 Å². The maximum atomic E-state index is 5.58. The van der Waals surface area contributed by atoms with E-state index in [1.54, 1.807) is 7.11 Å². The highest BCUT2D eigenvalue weighted by Gasteiger charge is 2.39. The van der Waals surface area contributed by atoms with E-state index in [0.717, 1.165) is 11.3 Å². The zero-order valence-electron chi connectivity index (χ0n) is 45.4. The van der Waals surface area contributed by atoms with Crippen LogP contribution < -0.4 is 4.74 Å². The van der Waals surface area contributed by atoms with E-state index < -0.39 is 0 Å². The largest absolute Gasteiger partial charge is 0.496 e. The molecule has 0 saturated carbocycles. The molecule has 11 aromatic rings. The van der Waals surface area contributed by atoms with Crippen LogP contribution in [-0.2, 0) is 16.2 Å². The molecule has 0 atom stereocenters. The Balaban J connectivity index is 0.728. The third kappa shape index (κ3) is 6.84. The van der Waals surface area contributed by atoms with Gasteiger partial charge in [0.15, 0.2) is 0 Å². The van der Waals surface area contributed by atoms with E-state index in [2.05, 4.69) is 256 Å². The van der Waals surface area contributed by atoms with Crippen molar-refractivity contribution >= 4 is 21.5 Å². The minimum atomic E-state index is -0.160. The molecule has 0 heterocycles. The number of hydrogen-bond acceptors (Lipinski definition) is 1. The Bertz CT molecular complexity index is 4300. The molecule has 1 heteroatoms. The Morgan fingerprint density at radius 3 is 0.882 bits per heavy atom. The molecule has 1 nitrogen and oxygen atoms in total. The highest BCUT2D eigenvalue weighted by molar-refractivity contribution is 5.95. The molecule has 0 fully saturated rings. The molecule has 14 rings (SSSR count). The summed E-state index contributed by atoms with van der Waals surface area (Å²) in [6.45, 7) is 21.0. The van der Waals surface area contributed by atoms with Crippen LogP contribution in [0, 0.1) is 20.8 Å². The number of hydrogen-bond donors (Lipinski definition) is 0. The summed E-state index contributed by atoms with van der Waals surface area (Å²) < 4.78 is 5.58. The topological polar surface area (TPSA) is 9.23 Å². The van der Waals surface area contributed by atoms with Gasteiger partial charge in [0, 0.05) is 16.2 Å². The number of fused-ring (bicyclic) bond motifs is 11. The van der Waals surface area contributed by atoms with Crippen LogP contribution >= 0.6 is 0 Å². The molecule has 3 aliphatic carbocycles. The van der Waals surface area contributed by atoms with Crippen molar-refractivity contribution in [1.82, 2.24) is 0 Å². The zero-order chi connectivity index (χ0) is 52.2. The van der Waals surface area contributed by atoms with Gasteiger partial charge < -0.3 is 4.74 Å². The lowest BCUT2D eigenvalue weighted by molar-refractivity contribution is 0.412. The summed E-state index contributed by atoms with van der Waals surface area (Å²) in [6, 6.07) is 74.6. The van der Waals surface area contributed by atoms with Gasteiger partial charge in [0.05, 0.1) is 7.11 Å². The van der Waals surface area contributed by atoms with Gasteiger partial charge in [-0.3, -0.25) is 0 Å². The van der Waals surface area contributed by atoms with Gasteiger partial charge in [-0.15, -0.1) is 0 Å². The van der Waals surface area contributed by atoms with Gasteiger partial charge in [-0.05, 0) is 248 Å². The van der Waals surface area contributed by atoms with Crippen LogP contribution in [0.2, 0.25) is 0 Å². The summed E-state index contributed by atoms with van der Waals surface area (Å²) in [5.41, 5.74) is 32.5. The predicted molar refractivity (Wildman–Crippen MR) is 322 cm³/mol. The number of ether oxygens (including phenoxy) is 1. The average Bonchev–Trinajstić information content (AvgIpc) is 3.91. The first kappa shape index (κ1) is 46.3. The molecule has 0 saturated heterocycles. The zero-order valence-corrected chi connectivity index (χ0v) is 45.4. The first-order chi connectivity index (χ1) is 36.6. The number of rotatable bonds is 6. The second-order valence-corrected chi connectivity index (χ2v) is 23.9. The van der Waals surface area contributed by atoms with Crippen molar-refractivity contribution < 1.29 is 4.74 Å². The number of aryl methyl sites for hydroxylation is 3. The van der Waals surface area contributed by atoms with Crippen molar-refractivity contribution in [2.45, 2.75) is 78.6 Å². The van der Waals surface area contributed by atoms with Crippen LogP contribution in [0.25, 0.3) is 111 Å². The van der Waals surface area contributed by atoms with Crippen molar-refractivity contribution in [2.75, 3.05) is 7.11 Å². The van der Waals surface area contributed by atoms with Crippen LogP contribution in [0.5, 0.6) is 5.75 Å². The molecular weight excluding hydrogens is 917 g/mol. The first-order valence-corrected chi connectivity index (χ1v) is 27.2. The van der Waals surface area contributed by atoms with E-state index in [-0.39, 0.29) is 16.2 Å². The lowest BCUT2D eigenvalue weighted by Gasteiger charge is -2.24. The summed E-state index contributed by atoms with van der Waals surface area (Å²) in [5.74, 6) is 0.927. The second-order valence-electron chi connectivity index (χ2n) is 23.9. The van der Waals surface area contributed by atoms with E-state index in [0.29, 0.717) is 0 Å². The van der Waals surface area contributed by atoms with Crippen LogP contribution in [0.3, 0.4) is 0 Å². The van der Waals surface area contributed by atoms with Crippen molar-refractivity contribution in [3.63, 3.8) is 0 Å². The normalized spacial score (nSPS) is 14.8. The maximum absolute atomic E-state index is 5.58. The molecule has 0 aliphatic heterocycles. The average molecular weight is 979 g/mol. The molecule has 3 aliphatic rings. The van der Waals surface area contributed by atoms with E-state index in [1.807, 2.05) is 0 Å². The number of methoxy groups -OCH3 is 1. The molecule has 0 aromatic heterocycles. The minimum absolute atomic E-state index is 0.116. The van der Waals surface area contributed by atoms with Crippen molar-refractivity contribution in [3.05, 3.63) is 244 Å². The van der Waals surface area contributed by atoms with E-state index in [1.165, 1.54) is 155 Å². The molecule has 0 N–H and O–H groups in total. The molecule has 0 spiro atoms. The third-order valence-corrected chi connectivity index (χ3v) is 18.3. The molecule has 368 valence electrons. The fourth-order valence-corrected chi connectivity index (χ4v) is 13.9. The van der Waals surface area contributed by atoms with Crippen molar-refractivity contribution in [1.29, 1.82) is 0 Å². The van der Waals surface area contributed by atoms with Gasteiger partial charge in [-0.25, -0.2) is 0 Å². The van der Waals surface area contributed by atoms with Gasteiger partial charge in [0.25, 0.3) is 0 Å². The lowest BCUT2D eigenvalue weighted by Crippen LogP contribution is -2.16. The van der Waals surface area contributed by atoms with Crippen molar-refractivity contribution in [3.8, 4) is 94.8 Å². The third-order valence-electron chi connectivity index (χ3n) is 18.3. The molecule has 0 amide bonds. The SMILES string of the molecule is COc1cc2ccc(-c3ccc4cc(-c5ccc6c(c5)C(C)(C)c5cc(-c7ccc8c(c7)C(C)(C)c7cc(-c9ccc%10c(c9)C(C)(C)c9cc(-c%11c(C)cccc%11C)ccc9-%10)ccc7-8)ccc5-6)ccc4c3)cc2cc1C. The molecule has 0 radical (unpaired) electrons. The maximum Gasteiger partial charge on any atom is 0.122 e. The van der Waals surface area contributed by atoms with Gasteiger partial charge in [0.2, 0.25) is 0 Å². The lowest BCUT2D eigenvalue weighted by atomic mass is 9.79. The van der Waals surface area contributed by atoms with Crippen LogP contribution in [0.4, 0.5) is 0 Å². The molecular formula is C75H62O. The van der Waals surface area contributed by atoms with E-state index in [4.69, 9.17) is 4.74 Å². The quantitative estimate of drug-likeness (QED) is 0.161. The highest BCUT2D eigenvalue weighted by atomic mass is 16.5. The van der Waals surface area contributed by atoms with E-state index in [9.17, 15) is 0 Å². The standard InChI is InChI=1S/C75H62O/c1-43-12-11-13-44(2)72(43)57-25-31-64-63-30-24-55(40-69(63)75(8,9)70(64)41-57)54-23-29-62-61-28-22-53(38-67(61)74(6,7)68(62)39-54)52-21-27-60-59-26-20-51(36-65(59)73(4,5)66(60)37-52)49-17-16-46-33-48(15-14-47(46)34-49)50-18-19-56-42-71(76-10)45(3)32-58(56)35-50/h11-42H,1-10H3. The van der Waals surface area contributed by atoms with Gasteiger partial charge >= 0.3 is 0 Å². The predicted octanol–water partition coefficient (Wildman–Crippen LogP) is 20.2. The van der Waals surface area contributed by atoms with Gasteiger partial charge in [0.1, 0.15) is 5.75 Å².